The number of aliphatic imine (C=N–C) groups is 1. The van der Waals surface area contributed by atoms with E-state index in [9.17, 15) is 0 Å². The van der Waals surface area contributed by atoms with Gasteiger partial charge in [-0.2, -0.15) is 0 Å². The number of nitrogens with one attached hydrogen (secondary N) is 2. The summed E-state index contributed by atoms with van der Waals surface area (Å²) in [7, 11) is 3.47. The zero-order valence-corrected chi connectivity index (χ0v) is 20.9. The third kappa shape index (κ3) is 8.15. The van der Waals surface area contributed by atoms with Crippen LogP contribution in [0.1, 0.15) is 33.3 Å². The molecule has 1 saturated heterocycles. The highest BCUT2D eigenvalue weighted by Crippen LogP contribution is 2.28. The zero-order valence-electron chi connectivity index (χ0n) is 20.9. The maximum Gasteiger partial charge on any atom is 0.191 e. The predicted octanol–water partition coefficient (Wildman–Crippen LogP) is 2.19. The Balaban J connectivity index is 1.85. The fourth-order valence-corrected chi connectivity index (χ4v) is 3.75. The van der Waals surface area contributed by atoms with E-state index in [0.717, 1.165) is 75.5 Å². The van der Waals surface area contributed by atoms with Crippen LogP contribution >= 0.6 is 0 Å². The minimum atomic E-state index is 0.0226. The number of rotatable bonds is 12. The number of likely N-dealkylation sites (N-methyl/N-ethyl adjacent to an activating group) is 1. The maximum absolute atomic E-state index is 5.96. The second kappa shape index (κ2) is 13.5. The summed E-state index contributed by atoms with van der Waals surface area (Å²) >= 11 is 0. The molecular formula is C24H43N5O3. The molecule has 0 bridgehead atoms. The first-order valence-electron chi connectivity index (χ1n) is 11.7. The molecule has 0 aromatic heterocycles. The topological polar surface area (TPSA) is 70.6 Å². The molecule has 1 aliphatic rings. The average Bonchev–Trinajstić information content (AvgIpc) is 2.83. The number of hydrogen-bond donors (Lipinski definition) is 2. The first-order valence-corrected chi connectivity index (χ1v) is 11.7. The second-order valence-electron chi connectivity index (χ2n) is 8.55. The Morgan fingerprint density at radius 3 is 2.50 bits per heavy atom. The van der Waals surface area contributed by atoms with E-state index >= 15 is 0 Å². The molecule has 1 aromatic carbocycles. The number of benzene rings is 1. The van der Waals surface area contributed by atoms with Crippen molar-refractivity contribution < 1.29 is 14.2 Å². The summed E-state index contributed by atoms with van der Waals surface area (Å²) in [4.78, 5) is 9.17. The molecule has 0 amide bonds. The van der Waals surface area contributed by atoms with Gasteiger partial charge in [0.15, 0.2) is 17.5 Å². The van der Waals surface area contributed by atoms with Gasteiger partial charge in [-0.05, 0) is 44.6 Å². The molecule has 182 valence electrons. The third-order valence-electron chi connectivity index (χ3n) is 6.03. The zero-order chi connectivity index (χ0) is 23.4. The maximum atomic E-state index is 5.96. The van der Waals surface area contributed by atoms with Gasteiger partial charge in [-0.25, -0.2) is 0 Å². The molecule has 0 saturated carbocycles. The first kappa shape index (κ1) is 26.2. The Hall–Kier alpha value is -2.03. The van der Waals surface area contributed by atoms with E-state index < -0.39 is 0 Å². The minimum absolute atomic E-state index is 0.0226. The van der Waals surface area contributed by atoms with Crippen LogP contribution in [0.25, 0.3) is 0 Å². The molecule has 2 rings (SSSR count). The summed E-state index contributed by atoms with van der Waals surface area (Å²) in [6.45, 7) is 17.4. The fourth-order valence-electron chi connectivity index (χ4n) is 3.75. The summed E-state index contributed by atoms with van der Waals surface area (Å²) in [5, 5.41) is 6.86. The number of ether oxygens (including phenoxy) is 3. The van der Waals surface area contributed by atoms with Crippen molar-refractivity contribution in [2.24, 2.45) is 4.99 Å². The Morgan fingerprint density at radius 1 is 1.16 bits per heavy atom. The summed E-state index contributed by atoms with van der Waals surface area (Å²) in [6.07, 6.45) is 0. The van der Waals surface area contributed by atoms with Gasteiger partial charge in [0.2, 0.25) is 0 Å². The van der Waals surface area contributed by atoms with Crippen molar-refractivity contribution in [3.05, 3.63) is 23.8 Å². The fraction of sp³-hybridized carbons (Fsp3) is 0.708. The van der Waals surface area contributed by atoms with E-state index in [1.54, 1.807) is 14.2 Å². The van der Waals surface area contributed by atoms with Crippen LogP contribution in [0.15, 0.2) is 23.2 Å². The van der Waals surface area contributed by atoms with E-state index in [1.165, 1.54) is 0 Å². The van der Waals surface area contributed by atoms with Gasteiger partial charge < -0.3 is 29.7 Å². The lowest BCUT2D eigenvalue weighted by Crippen LogP contribution is -2.56. The van der Waals surface area contributed by atoms with Crippen LogP contribution in [0, 0.1) is 0 Å². The van der Waals surface area contributed by atoms with Gasteiger partial charge in [0.05, 0.1) is 20.3 Å². The Labute approximate surface area is 194 Å². The Kier molecular flexibility index (Phi) is 11.1. The highest BCUT2D eigenvalue weighted by molar-refractivity contribution is 5.79. The number of hydrogen-bond acceptors (Lipinski definition) is 6. The molecule has 0 aliphatic carbocycles. The Morgan fingerprint density at radius 2 is 1.88 bits per heavy atom. The van der Waals surface area contributed by atoms with Crippen molar-refractivity contribution in [2.75, 3.05) is 73.2 Å². The largest absolute Gasteiger partial charge is 0.493 e. The molecule has 0 spiro atoms. The van der Waals surface area contributed by atoms with Crippen LogP contribution in [0.2, 0.25) is 0 Å². The quantitative estimate of drug-likeness (QED) is 0.374. The molecule has 8 heteroatoms. The average molecular weight is 450 g/mol. The lowest BCUT2D eigenvalue weighted by Gasteiger charge is -2.41. The molecule has 2 N–H and O–H groups in total. The van der Waals surface area contributed by atoms with E-state index in [2.05, 4.69) is 59.2 Å². The van der Waals surface area contributed by atoms with Crippen molar-refractivity contribution in [1.29, 1.82) is 0 Å². The van der Waals surface area contributed by atoms with Gasteiger partial charge in [0.25, 0.3) is 0 Å². The molecular weight excluding hydrogens is 406 g/mol. The van der Waals surface area contributed by atoms with Crippen LogP contribution in [0.4, 0.5) is 0 Å². The van der Waals surface area contributed by atoms with E-state index in [1.807, 2.05) is 12.1 Å². The molecule has 32 heavy (non-hydrogen) atoms. The molecule has 0 radical (unpaired) electrons. The monoisotopic (exact) mass is 449 g/mol. The van der Waals surface area contributed by atoms with Crippen molar-refractivity contribution in [3.8, 4) is 11.5 Å². The second-order valence-corrected chi connectivity index (χ2v) is 8.55. The number of morpholine rings is 1. The van der Waals surface area contributed by atoms with Gasteiger partial charge in [-0.3, -0.25) is 9.89 Å². The number of guanidine groups is 1. The van der Waals surface area contributed by atoms with Crippen molar-refractivity contribution in [1.82, 2.24) is 20.4 Å². The van der Waals surface area contributed by atoms with Gasteiger partial charge >= 0.3 is 0 Å². The van der Waals surface area contributed by atoms with Crippen molar-refractivity contribution in [3.63, 3.8) is 0 Å². The van der Waals surface area contributed by atoms with Gasteiger partial charge in [0.1, 0.15) is 6.61 Å². The summed E-state index contributed by atoms with van der Waals surface area (Å²) < 4.78 is 17.0. The van der Waals surface area contributed by atoms with Gasteiger partial charge in [-0.1, -0.05) is 19.9 Å². The predicted molar refractivity (Wildman–Crippen MR) is 131 cm³/mol. The van der Waals surface area contributed by atoms with Crippen LogP contribution in [0.5, 0.6) is 11.5 Å². The summed E-state index contributed by atoms with van der Waals surface area (Å²) in [5.74, 6) is 2.31. The lowest BCUT2D eigenvalue weighted by atomic mass is 10.0. The van der Waals surface area contributed by atoms with Gasteiger partial charge in [0, 0.05) is 45.3 Å². The van der Waals surface area contributed by atoms with Crippen LogP contribution < -0.4 is 20.1 Å². The SMILES string of the molecule is CCN(CC)CCOc1ccc(CNC(=NC)NCC(C)(C)N2CCOCC2)cc1OC. The van der Waals surface area contributed by atoms with E-state index in [-0.39, 0.29) is 5.54 Å². The molecule has 0 unspecified atom stereocenters. The number of methoxy groups -OCH3 is 1. The third-order valence-corrected chi connectivity index (χ3v) is 6.03. The van der Waals surface area contributed by atoms with Crippen molar-refractivity contribution >= 4 is 5.96 Å². The normalized spacial score (nSPS) is 15.7. The molecule has 8 nitrogen and oxygen atoms in total. The van der Waals surface area contributed by atoms with Crippen LogP contribution in [0.3, 0.4) is 0 Å². The lowest BCUT2D eigenvalue weighted by molar-refractivity contribution is -0.00834. The van der Waals surface area contributed by atoms with Crippen LogP contribution in [-0.4, -0.2) is 94.5 Å². The smallest absolute Gasteiger partial charge is 0.191 e. The number of nitrogens with zero attached hydrogens (tertiary/aromatic N) is 3. The molecule has 1 heterocycles. The van der Waals surface area contributed by atoms with E-state index in [0.29, 0.717) is 13.2 Å². The Bertz CT molecular complexity index is 701. The molecule has 1 fully saturated rings. The minimum Gasteiger partial charge on any atom is -0.493 e. The molecule has 0 atom stereocenters. The summed E-state index contributed by atoms with van der Waals surface area (Å²) in [5.41, 5.74) is 1.13. The molecule has 1 aromatic rings. The highest BCUT2D eigenvalue weighted by Gasteiger charge is 2.28. The van der Waals surface area contributed by atoms with Crippen LogP contribution in [-0.2, 0) is 11.3 Å². The van der Waals surface area contributed by atoms with E-state index in [4.69, 9.17) is 14.2 Å². The standard InChI is InChI=1S/C24H43N5O3/c1-7-28(8-2)11-16-32-21-10-9-20(17-22(21)30-6)18-26-23(25-5)27-19-24(3,4)29-12-14-31-15-13-29/h9-10,17H,7-8,11-16,18-19H2,1-6H3,(H2,25,26,27). The first-order chi connectivity index (χ1) is 15.4. The summed E-state index contributed by atoms with van der Waals surface area (Å²) in [6, 6.07) is 6.06. The van der Waals surface area contributed by atoms with Crippen molar-refractivity contribution in [2.45, 2.75) is 39.8 Å². The van der Waals surface area contributed by atoms with Gasteiger partial charge in [-0.15, -0.1) is 0 Å². The molecule has 1 aliphatic heterocycles. The highest BCUT2D eigenvalue weighted by atomic mass is 16.5.